The maximum atomic E-state index is 12.9. The molecule has 0 heterocycles. The molecule has 0 N–H and O–H groups in total. The lowest BCUT2D eigenvalue weighted by molar-refractivity contribution is -0.167. The van der Waals surface area contributed by atoms with Crippen LogP contribution in [0.3, 0.4) is 0 Å². The number of rotatable bonds is 68. The van der Waals surface area contributed by atoms with Gasteiger partial charge in [-0.05, 0) is 103 Å². The fraction of sp³-hybridized carbons (Fsp3) is 0.831. The molecule has 0 aliphatic heterocycles. The van der Waals surface area contributed by atoms with Crippen LogP contribution < -0.4 is 0 Å². The topological polar surface area (TPSA) is 78.9 Å². The van der Waals surface area contributed by atoms with E-state index in [1.807, 2.05) is 0 Å². The maximum absolute atomic E-state index is 12.9. The Morgan fingerprint density at radius 3 is 0.723 bits per heavy atom. The lowest BCUT2D eigenvalue weighted by Gasteiger charge is -2.18. The Balaban J connectivity index is 4.15. The summed E-state index contributed by atoms with van der Waals surface area (Å²) in [5, 5.41) is 0. The molecule has 1 atom stereocenters. The van der Waals surface area contributed by atoms with Gasteiger partial charge in [-0.2, -0.15) is 0 Å². The first-order valence-corrected chi connectivity index (χ1v) is 36.8. The van der Waals surface area contributed by atoms with Crippen LogP contribution >= 0.6 is 0 Å². The van der Waals surface area contributed by atoms with Crippen LogP contribution in [0.4, 0.5) is 0 Å². The van der Waals surface area contributed by atoms with Gasteiger partial charge in [0.1, 0.15) is 13.2 Å². The molecule has 0 spiro atoms. The summed E-state index contributed by atoms with van der Waals surface area (Å²) >= 11 is 0. The monoisotopic (exact) mass is 1160 g/mol. The van der Waals surface area contributed by atoms with Crippen molar-refractivity contribution in [3.8, 4) is 0 Å². The minimum absolute atomic E-state index is 0.0734. The van der Waals surface area contributed by atoms with Crippen molar-refractivity contribution in [1.82, 2.24) is 0 Å². The van der Waals surface area contributed by atoms with Gasteiger partial charge in [0.05, 0.1) is 0 Å². The molecule has 0 aliphatic carbocycles. The summed E-state index contributed by atoms with van der Waals surface area (Å²) in [6, 6.07) is 0. The molecule has 83 heavy (non-hydrogen) atoms. The van der Waals surface area contributed by atoms with E-state index in [9.17, 15) is 14.4 Å². The Labute approximate surface area is 517 Å². The van der Waals surface area contributed by atoms with Gasteiger partial charge in [-0.25, -0.2) is 0 Å². The molecule has 0 amide bonds. The second kappa shape index (κ2) is 71.6. The molecule has 0 aromatic heterocycles. The Kier molecular flexibility index (Phi) is 69.1. The van der Waals surface area contributed by atoms with Gasteiger partial charge in [-0.1, -0.05) is 332 Å². The van der Waals surface area contributed by atoms with Crippen molar-refractivity contribution < 1.29 is 28.6 Å². The lowest BCUT2D eigenvalue weighted by atomic mass is 10.0. The molecule has 0 aromatic rings. The highest BCUT2D eigenvalue weighted by Crippen LogP contribution is 2.18. The van der Waals surface area contributed by atoms with E-state index in [1.165, 1.54) is 276 Å². The predicted molar refractivity (Wildman–Crippen MR) is 362 cm³/mol. The van der Waals surface area contributed by atoms with Gasteiger partial charge < -0.3 is 14.2 Å². The number of esters is 3. The molecule has 484 valence electrons. The number of allylic oxidation sites excluding steroid dienone is 10. The third-order valence-electron chi connectivity index (χ3n) is 16.5. The van der Waals surface area contributed by atoms with Crippen molar-refractivity contribution in [3.05, 3.63) is 60.8 Å². The second-order valence-electron chi connectivity index (χ2n) is 24.8. The molecule has 0 radical (unpaired) electrons. The molecular weight excluding hydrogens is 1020 g/mol. The van der Waals surface area contributed by atoms with E-state index in [2.05, 4.69) is 81.5 Å². The zero-order valence-electron chi connectivity index (χ0n) is 55.7. The molecule has 0 bridgehead atoms. The molecule has 0 rings (SSSR count). The van der Waals surface area contributed by atoms with E-state index >= 15 is 0 Å². The van der Waals surface area contributed by atoms with Gasteiger partial charge in [-0.15, -0.1) is 0 Å². The van der Waals surface area contributed by atoms with Crippen LogP contribution in [0.1, 0.15) is 393 Å². The highest BCUT2D eigenvalue weighted by molar-refractivity contribution is 5.71. The number of carbonyl (C=O) groups excluding carboxylic acids is 3. The Morgan fingerprint density at radius 1 is 0.241 bits per heavy atom. The number of unbranched alkanes of at least 4 members (excludes halogenated alkanes) is 47. The van der Waals surface area contributed by atoms with Gasteiger partial charge in [0, 0.05) is 19.3 Å². The zero-order chi connectivity index (χ0) is 59.9. The standard InChI is InChI=1S/C77H140O6/c1-4-7-10-13-16-19-22-24-26-28-30-32-34-35-36-37-38-39-40-41-43-44-46-48-50-52-55-58-61-64-67-70-76(79)82-73-74(72-81-75(78)69-66-63-60-57-54-21-18-15-12-9-6-3)83-77(80)71-68-65-62-59-56-53-51-49-47-45-42-33-31-29-27-25-23-20-17-14-11-8-5-2/h15,18,22,24,28-31,34-35,74H,4-14,16-17,19-21,23,25-27,32-33,36-73H2,1-3H3/b18-15-,24-22-,30-28-,31-29-,35-34-. The first-order valence-electron chi connectivity index (χ1n) is 36.8. The maximum Gasteiger partial charge on any atom is 0.306 e. The van der Waals surface area contributed by atoms with Gasteiger partial charge in [0.2, 0.25) is 0 Å². The van der Waals surface area contributed by atoms with Gasteiger partial charge in [-0.3, -0.25) is 14.4 Å². The summed E-state index contributed by atoms with van der Waals surface area (Å²) in [7, 11) is 0. The number of ether oxygens (including phenoxy) is 3. The highest BCUT2D eigenvalue weighted by atomic mass is 16.6. The summed E-state index contributed by atoms with van der Waals surface area (Å²) in [6.07, 6.45) is 92.7. The summed E-state index contributed by atoms with van der Waals surface area (Å²) in [5.74, 6) is -0.861. The first-order chi connectivity index (χ1) is 41.0. The van der Waals surface area contributed by atoms with E-state index in [4.69, 9.17) is 14.2 Å². The predicted octanol–water partition coefficient (Wildman–Crippen LogP) is 25.5. The first kappa shape index (κ1) is 80.1. The average molecular weight is 1160 g/mol. The van der Waals surface area contributed by atoms with Crippen LogP contribution in [-0.2, 0) is 28.6 Å². The Morgan fingerprint density at radius 2 is 0.446 bits per heavy atom. The van der Waals surface area contributed by atoms with Crippen molar-refractivity contribution in [1.29, 1.82) is 0 Å². The van der Waals surface area contributed by atoms with Crippen molar-refractivity contribution in [2.75, 3.05) is 13.2 Å². The largest absolute Gasteiger partial charge is 0.462 e. The number of hydrogen-bond donors (Lipinski definition) is 0. The third kappa shape index (κ3) is 69.8. The lowest BCUT2D eigenvalue weighted by Crippen LogP contribution is -2.30. The van der Waals surface area contributed by atoms with Crippen LogP contribution in [0, 0.1) is 0 Å². The normalized spacial score (nSPS) is 12.4. The van der Waals surface area contributed by atoms with Crippen LogP contribution in [0.5, 0.6) is 0 Å². The van der Waals surface area contributed by atoms with Crippen LogP contribution in [0.15, 0.2) is 60.8 Å². The molecule has 0 saturated heterocycles. The molecule has 0 aliphatic rings. The molecule has 0 saturated carbocycles. The van der Waals surface area contributed by atoms with Crippen LogP contribution in [0.2, 0.25) is 0 Å². The van der Waals surface area contributed by atoms with Crippen molar-refractivity contribution >= 4 is 17.9 Å². The summed E-state index contributed by atoms with van der Waals surface area (Å²) in [6.45, 7) is 6.64. The van der Waals surface area contributed by atoms with Crippen molar-refractivity contribution in [3.63, 3.8) is 0 Å². The molecule has 1 unspecified atom stereocenters. The van der Waals surface area contributed by atoms with E-state index in [0.717, 1.165) is 77.0 Å². The average Bonchev–Trinajstić information content (AvgIpc) is 3.48. The van der Waals surface area contributed by atoms with E-state index < -0.39 is 6.10 Å². The van der Waals surface area contributed by atoms with E-state index in [-0.39, 0.29) is 31.1 Å². The van der Waals surface area contributed by atoms with Gasteiger partial charge in [0.15, 0.2) is 6.10 Å². The van der Waals surface area contributed by atoms with Crippen molar-refractivity contribution in [2.45, 2.75) is 399 Å². The SMILES string of the molecule is CCCC/C=C\CCCCCCCC(=O)OCC(COC(=O)CCCCCCCCCCCCCCCCCC/C=C\C/C=C\C/C=C\CCCCCCC)OC(=O)CCCCCCCCCCCCC/C=C\CCCCCCCCCC. The van der Waals surface area contributed by atoms with E-state index in [1.54, 1.807) is 0 Å². The van der Waals surface area contributed by atoms with Crippen LogP contribution in [0.25, 0.3) is 0 Å². The van der Waals surface area contributed by atoms with Crippen molar-refractivity contribution in [2.24, 2.45) is 0 Å². The minimum Gasteiger partial charge on any atom is -0.462 e. The number of hydrogen-bond acceptors (Lipinski definition) is 6. The zero-order valence-corrected chi connectivity index (χ0v) is 55.7. The van der Waals surface area contributed by atoms with Gasteiger partial charge >= 0.3 is 17.9 Å². The highest BCUT2D eigenvalue weighted by Gasteiger charge is 2.19. The van der Waals surface area contributed by atoms with Gasteiger partial charge in [0.25, 0.3) is 0 Å². The quantitative estimate of drug-likeness (QED) is 0.0261. The smallest absolute Gasteiger partial charge is 0.306 e. The molecule has 0 aromatic carbocycles. The van der Waals surface area contributed by atoms with E-state index in [0.29, 0.717) is 19.3 Å². The Hall–Kier alpha value is -2.89. The summed E-state index contributed by atoms with van der Waals surface area (Å²) < 4.78 is 17.0. The fourth-order valence-corrected chi connectivity index (χ4v) is 10.9. The molecule has 0 fully saturated rings. The number of carbonyl (C=O) groups is 3. The Bertz CT molecular complexity index is 1470. The summed E-state index contributed by atoms with van der Waals surface area (Å²) in [4.78, 5) is 38.4. The molecule has 6 nitrogen and oxygen atoms in total. The second-order valence-corrected chi connectivity index (χ2v) is 24.8. The fourth-order valence-electron chi connectivity index (χ4n) is 10.9. The molecule has 6 heteroatoms. The molecular formula is C77H140O6. The third-order valence-corrected chi connectivity index (χ3v) is 16.5. The minimum atomic E-state index is -0.777. The van der Waals surface area contributed by atoms with Crippen LogP contribution in [-0.4, -0.2) is 37.2 Å². The summed E-state index contributed by atoms with van der Waals surface area (Å²) in [5.41, 5.74) is 0.